The molecule has 106 valence electrons. The highest BCUT2D eigenvalue weighted by Crippen LogP contribution is 2.35. The van der Waals surface area contributed by atoms with E-state index < -0.39 is 0 Å². The van der Waals surface area contributed by atoms with Crippen LogP contribution in [0.2, 0.25) is 0 Å². The Morgan fingerprint density at radius 2 is 2.00 bits per heavy atom. The van der Waals surface area contributed by atoms with Gasteiger partial charge in [-0.3, -0.25) is 4.90 Å². The second kappa shape index (κ2) is 6.38. The second-order valence-corrected chi connectivity index (χ2v) is 7.16. The fourth-order valence-corrected chi connectivity index (χ4v) is 4.62. The first-order chi connectivity index (χ1) is 9.34. The maximum Gasteiger partial charge on any atom is 0.0583 e. The van der Waals surface area contributed by atoms with Crippen molar-refractivity contribution >= 4 is 11.3 Å². The van der Waals surface area contributed by atoms with Crippen LogP contribution in [0, 0.1) is 5.92 Å². The summed E-state index contributed by atoms with van der Waals surface area (Å²) in [6.07, 6.45) is 8.68. The molecule has 1 saturated heterocycles. The molecule has 1 aliphatic carbocycles. The summed E-state index contributed by atoms with van der Waals surface area (Å²) in [7, 11) is 0. The normalized spacial score (nSPS) is 33.4. The Labute approximate surface area is 120 Å². The number of aliphatic hydroxyl groups excluding tert-OH is 1. The van der Waals surface area contributed by atoms with E-state index in [1.165, 1.54) is 49.9 Å². The van der Waals surface area contributed by atoms with Crippen LogP contribution in [-0.2, 0) is 6.54 Å². The van der Waals surface area contributed by atoms with Crippen LogP contribution in [0.5, 0.6) is 0 Å². The molecule has 0 amide bonds. The summed E-state index contributed by atoms with van der Waals surface area (Å²) in [5.74, 6) is 0.522. The highest BCUT2D eigenvalue weighted by molar-refractivity contribution is 7.09. The van der Waals surface area contributed by atoms with Crippen molar-refractivity contribution < 1.29 is 5.11 Å². The minimum Gasteiger partial charge on any atom is -0.393 e. The molecule has 2 aliphatic rings. The smallest absolute Gasteiger partial charge is 0.0583 e. The first-order valence-electron chi connectivity index (χ1n) is 7.79. The third-order valence-corrected chi connectivity index (χ3v) is 5.74. The zero-order valence-electron chi connectivity index (χ0n) is 11.6. The Morgan fingerprint density at radius 1 is 1.16 bits per heavy atom. The third-order valence-electron chi connectivity index (χ3n) is 4.88. The molecule has 0 radical (unpaired) electrons. The number of aliphatic hydroxyl groups is 1. The molecule has 19 heavy (non-hydrogen) atoms. The molecular weight excluding hydrogens is 254 g/mol. The van der Waals surface area contributed by atoms with Gasteiger partial charge >= 0.3 is 0 Å². The van der Waals surface area contributed by atoms with E-state index >= 15 is 0 Å². The lowest BCUT2D eigenvalue weighted by Crippen LogP contribution is -2.48. The fourth-order valence-electron chi connectivity index (χ4n) is 3.89. The van der Waals surface area contributed by atoms with Gasteiger partial charge in [0.05, 0.1) is 6.10 Å². The van der Waals surface area contributed by atoms with Crippen molar-refractivity contribution in [1.82, 2.24) is 4.90 Å². The van der Waals surface area contributed by atoms with E-state index in [0.29, 0.717) is 12.0 Å². The van der Waals surface area contributed by atoms with Gasteiger partial charge in [0.1, 0.15) is 0 Å². The standard InChI is InChI=1S/C16H25NOS/c18-16-9-2-1-7-14(16)15-8-3-4-10-17(15)12-13-6-5-11-19-13/h5-6,11,14-16,18H,1-4,7-10,12H2. The number of thiophene rings is 1. The molecule has 1 aromatic heterocycles. The summed E-state index contributed by atoms with van der Waals surface area (Å²) in [5, 5.41) is 12.5. The lowest BCUT2D eigenvalue weighted by Gasteiger charge is -2.43. The molecule has 1 N–H and O–H groups in total. The average molecular weight is 279 g/mol. The zero-order chi connectivity index (χ0) is 13.1. The first-order valence-corrected chi connectivity index (χ1v) is 8.67. The SMILES string of the molecule is OC1CCCCC1C1CCCCN1Cc1cccs1. The van der Waals surface area contributed by atoms with E-state index in [1.54, 1.807) is 0 Å². The molecule has 1 aromatic rings. The maximum atomic E-state index is 10.3. The van der Waals surface area contributed by atoms with Gasteiger partial charge in [0, 0.05) is 23.4 Å². The summed E-state index contributed by atoms with van der Waals surface area (Å²) < 4.78 is 0. The van der Waals surface area contributed by atoms with Crippen molar-refractivity contribution in [2.24, 2.45) is 5.92 Å². The van der Waals surface area contributed by atoms with E-state index in [9.17, 15) is 5.11 Å². The summed E-state index contributed by atoms with van der Waals surface area (Å²) in [6.45, 7) is 2.30. The van der Waals surface area contributed by atoms with Gasteiger partial charge in [-0.2, -0.15) is 0 Å². The van der Waals surface area contributed by atoms with Crippen molar-refractivity contribution in [3.05, 3.63) is 22.4 Å². The molecule has 1 aliphatic heterocycles. The van der Waals surface area contributed by atoms with Crippen LogP contribution in [0.25, 0.3) is 0 Å². The quantitative estimate of drug-likeness (QED) is 0.913. The minimum atomic E-state index is -0.0531. The van der Waals surface area contributed by atoms with Crippen molar-refractivity contribution in [2.45, 2.75) is 63.6 Å². The Balaban J connectivity index is 1.69. The topological polar surface area (TPSA) is 23.5 Å². The Kier molecular flexibility index (Phi) is 4.57. The molecule has 0 aromatic carbocycles. The van der Waals surface area contributed by atoms with Gasteiger partial charge in [-0.05, 0) is 43.7 Å². The van der Waals surface area contributed by atoms with E-state index in [0.717, 1.165) is 13.0 Å². The van der Waals surface area contributed by atoms with Gasteiger partial charge in [-0.15, -0.1) is 11.3 Å². The lowest BCUT2D eigenvalue weighted by atomic mass is 9.78. The highest BCUT2D eigenvalue weighted by Gasteiger charge is 2.35. The van der Waals surface area contributed by atoms with E-state index in [-0.39, 0.29) is 6.10 Å². The first kappa shape index (κ1) is 13.6. The van der Waals surface area contributed by atoms with Crippen molar-refractivity contribution in [1.29, 1.82) is 0 Å². The number of rotatable bonds is 3. The molecule has 3 atom stereocenters. The van der Waals surface area contributed by atoms with Crippen molar-refractivity contribution in [2.75, 3.05) is 6.54 Å². The zero-order valence-corrected chi connectivity index (χ0v) is 12.4. The van der Waals surface area contributed by atoms with E-state index in [1.807, 2.05) is 11.3 Å². The molecule has 0 bridgehead atoms. The minimum absolute atomic E-state index is 0.0531. The molecule has 3 heteroatoms. The summed E-state index contributed by atoms with van der Waals surface area (Å²) in [4.78, 5) is 4.12. The van der Waals surface area contributed by atoms with Crippen LogP contribution in [0.4, 0.5) is 0 Å². The predicted molar refractivity (Wildman–Crippen MR) is 80.3 cm³/mol. The average Bonchev–Trinajstić information content (AvgIpc) is 2.93. The Hall–Kier alpha value is -0.380. The maximum absolute atomic E-state index is 10.3. The number of hydrogen-bond donors (Lipinski definition) is 1. The van der Waals surface area contributed by atoms with Gasteiger partial charge in [0.2, 0.25) is 0 Å². The fraction of sp³-hybridized carbons (Fsp3) is 0.750. The molecule has 3 rings (SSSR count). The van der Waals surface area contributed by atoms with Gasteiger partial charge in [-0.1, -0.05) is 25.3 Å². The number of nitrogens with zero attached hydrogens (tertiary/aromatic N) is 1. The number of hydrogen-bond acceptors (Lipinski definition) is 3. The summed E-state index contributed by atoms with van der Waals surface area (Å²) in [5.41, 5.74) is 0. The molecular formula is C16H25NOS. The third kappa shape index (κ3) is 3.21. The van der Waals surface area contributed by atoms with E-state index in [4.69, 9.17) is 0 Å². The molecule has 0 spiro atoms. The molecule has 3 unspecified atom stereocenters. The number of likely N-dealkylation sites (tertiary alicyclic amines) is 1. The largest absolute Gasteiger partial charge is 0.393 e. The van der Waals surface area contributed by atoms with Crippen LogP contribution >= 0.6 is 11.3 Å². The van der Waals surface area contributed by atoms with Crippen LogP contribution in [0.15, 0.2) is 17.5 Å². The van der Waals surface area contributed by atoms with Crippen LogP contribution < -0.4 is 0 Å². The van der Waals surface area contributed by atoms with Crippen LogP contribution in [0.3, 0.4) is 0 Å². The van der Waals surface area contributed by atoms with Crippen LogP contribution in [0.1, 0.15) is 49.8 Å². The summed E-state index contributed by atoms with van der Waals surface area (Å²) >= 11 is 1.86. The Morgan fingerprint density at radius 3 is 2.79 bits per heavy atom. The van der Waals surface area contributed by atoms with Gasteiger partial charge in [0.15, 0.2) is 0 Å². The van der Waals surface area contributed by atoms with Crippen molar-refractivity contribution in [3.63, 3.8) is 0 Å². The van der Waals surface area contributed by atoms with Gasteiger partial charge in [-0.25, -0.2) is 0 Å². The predicted octanol–water partition coefficient (Wildman–Crippen LogP) is 3.65. The second-order valence-electron chi connectivity index (χ2n) is 6.13. The molecule has 2 heterocycles. The lowest BCUT2D eigenvalue weighted by molar-refractivity contribution is -0.00827. The van der Waals surface area contributed by atoms with Gasteiger partial charge < -0.3 is 5.11 Å². The summed E-state index contributed by atoms with van der Waals surface area (Å²) in [6, 6.07) is 5.01. The van der Waals surface area contributed by atoms with Crippen molar-refractivity contribution in [3.8, 4) is 0 Å². The molecule has 1 saturated carbocycles. The van der Waals surface area contributed by atoms with Gasteiger partial charge in [0.25, 0.3) is 0 Å². The highest BCUT2D eigenvalue weighted by atomic mass is 32.1. The van der Waals surface area contributed by atoms with E-state index in [2.05, 4.69) is 22.4 Å². The number of piperidine rings is 1. The monoisotopic (exact) mass is 279 g/mol. The molecule has 2 nitrogen and oxygen atoms in total. The molecule has 2 fully saturated rings. The Bertz CT molecular complexity index is 378. The van der Waals surface area contributed by atoms with Crippen LogP contribution in [-0.4, -0.2) is 28.7 Å².